The normalized spacial score (nSPS) is 17.8. The van der Waals surface area contributed by atoms with E-state index in [1.165, 1.54) is 5.56 Å². The molecular formula is C22H36N4O3. The van der Waals surface area contributed by atoms with Crippen LogP contribution in [0, 0.1) is 0 Å². The molecule has 1 aliphatic heterocycles. The molecule has 1 unspecified atom stereocenters. The Balaban J connectivity index is 1.91. The number of rotatable bonds is 5. The number of guanidine groups is 1. The van der Waals surface area contributed by atoms with E-state index in [-0.39, 0.29) is 17.6 Å². The highest BCUT2D eigenvalue weighted by Gasteiger charge is 2.29. The molecule has 1 aliphatic rings. The van der Waals surface area contributed by atoms with Gasteiger partial charge in [0.25, 0.3) is 0 Å². The molecule has 1 aromatic carbocycles. The number of likely N-dealkylation sites (tertiary alicyclic amines) is 1. The molecule has 7 heteroatoms. The lowest BCUT2D eigenvalue weighted by Gasteiger charge is -2.29. The fourth-order valence-corrected chi connectivity index (χ4v) is 3.32. The maximum absolute atomic E-state index is 12.0. The molecule has 0 spiro atoms. The van der Waals surface area contributed by atoms with Crippen molar-refractivity contribution in [2.24, 2.45) is 4.99 Å². The summed E-state index contributed by atoms with van der Waals surface area (Å²) in [5.41, 5.74) is 0.607. The van der Waals surface area contributed by atoms with Gasteiger partial charge in [0.1, 0.15) is 11.4 Å². The third-order valence-corrected chi connectivity index (χ3v) is 4.96. The zero-order valence-electron chi connectivity index (χ0n) is 18.8. The van der Waals surface area contributed by atoms with Crippen molar-refractivity contribution in [1.82, 2.24) is 15.5 Å². The van der Waals surface area contributed by atoms with Gasteiger partial charge in [-0.3, -0.25) is 4.99 Å². The average molecular weight is 405 g/mol. The quantitative estimate of drug-likeness (QED) is 0.582. The lowest BCUT2D eigenvalue weighted by molar-refractivity contribution is 0.0507. The number of nitrogens with zero attached hydrogens (tertiary/aromatic N) is 2. The predicted octanol–water partition coefficient (Wildman–Crippen LogP) is 3.15. The van der Waals surface area contributed by atoms with Crippen molar-refractivity contribution in [3.05, 3.63) is 29.8 Å². The van der Waals surface area contributed by atoms with E-state index in [1.54, 1.807) is 14.2 Å². The van der Waals surface area contributed by atoms with Gasteiger partial charge in [0, 0.05) is 32.1 Å². The van der Waals surface area contributed by atoms with Crippen LogP contribution in [-0.2, 0) is 10.2 Å². The first-order valence-corrected chi connectivity index (χ1v) is 10.1. The summed E-state index contributed by atoms with van der Waals surface area (Å²) in [5, 5.41) is 6.45. The minimum absolute atomic E-state index is 0.0507. The lowest BCUT2D eigenvalue weighted by atomic mass is 9.84. The Morgan fingerprint density at radius 2 is 2.00 bits per heavy atom. The molecule has 0 aromatic heterocycles. The molecule has 2 N–H and O–H groups in total. The van der Waals surface area contributed by atoms with Crippen molar-refractivity contribution >= 4 is 12.1 Å². The number of methoxy groups -OCH3 is 1. The van der Waals surface area contributed by atoms with Crippen LogP contribution >= 0.6 is 0 Å². The molecule has 7 nitrogen and oxygen atoms in total. The molecule has 1 saturated heterocycles. The Hall–Kier alpha value is -2.44. The lowest BCUT2D eigenvalue weighted by Crippen LogP contribution is -2.46. The van der Waals surface area contributed by atoms with Crippen LogP contribution in [0.4, 0.5) is 4.79 Å². The number of hydrogen-bond donors (Lipinski definition) is 2. The highest BCUT2D eigenvalue weighted by atomic mass is 16.6. The predicted molar refractivity (Wildman–Crippen MR) is 117 cm³/mol. The minimum atomic E-state index is -0.494. The molecule has 29 heavy (non-hydrogen) atoms. The van der Waals surface area contributed by atoms with Crippen molar-refractivity contribution in [3.8, 4) is 5.75 Å². The van der Waals surface area contributed by atoms with E-state index < -0.39 is 5.60 Å². The number of amides is 1. The third-order valence-electron chi connectivity index (χ3n) is 4.96. The second kappa shape index (κ2) is 9.37. The Morgan fingerprint density at radius 1 is 1.28 bits per heavy atom. The third kappa shape index (κ3) is 6.84. The summed E-state index contributed by atoms with van der Waals surface area (Å²) in [6.45, 7) is 12.2. The summed E-state index contributed by atoms with van der Waals surface area (Å²) < 4.78 is 10.7. The summed E-state index contributed by atoms with van der Waals surface area (Å²) in [6, 6.07) is 8.20. The first kappa shape index (κ1) is 22.8. The number of alkyl carbamates (subject to hydrolysis) is 1. The molecule has 1 atom stereocenters. The molecule has 0 radical (unpaired) electrons. The fourth-order valence-electron chi connectivity index (χ4n) is 3.32. The summed E-state index contributed by atoms with van der Waals surface area (Å²) in [5.74, 6) is 1.70. The van der Waals surface area contributed by atoms with Crippen LogP contribution in [0.25, 0.3) is 0 Å². The number of carbonyl (C=O) groups is 1. The van der Waals surface area contributed by atoms with Crippen LogP contribution in [-0.4, -0.2) is 62.4 Å². The molecule has 1 heterocycles. The standard InChI is InChI=1S/C22H36N4O3/c1-21(2,3)29-20(27)25-17-11-12-26(14-17)19(23-6)24-15-22(4,5)16-9-8-10-18(13-16)28-7/h8-10,13,17H,11-12,14-15H2,1-7H3,(H,23,24)(H,25,27). The first-order chi connectivity index (χ1) is 13.5. The number of hydrogen-bond acceptors (Lipinski definition) is 4. The van der Waals surface area contributed by atoms with Crippen LogP contribution in [0.3, 0.4) is 0 Å². The van der Waals surface area contributed by atoms with E-state index in [0.717, 1.165) is 31.2 Å². The van der Waals surface area contributed by atoms with Crippen molar-refractivity contribution in [2.75, 3.05) is 33.8 Å². The number of benzene rings is 1. The van der Waals surface area contributed by atoms with E-state index >= 15 is 0 Å². The van der Waals surface area contributed by atoms with E-state index in [1.807, 2.05) is 32.9 Å². The number of nitrogens with one attached hydrogen (secondary N) is 2. The zero-order valence-corrected chi connectivity index (χ0v) is 18.8. The summed E-state index contributed by atoms with van der Waals surface area (Å²) in [6.07, 6.45) is 0.491. The molecule has 0 saturated carbocycles. The summed E-state index contributed by atoms with van der Waals surface area (Å²) in [4.78, 5) is 18.6. The largest absolute Gasteiger partial charge is 0.497 e. The number of carbonyl (C=O) groups excluding carboxylic acids is 1. The molecule has 162 valence electrons. The van der Waals surface area contributed by atoms with Crippen molar-refractivity contribution in [3.63, 3.8) is 0 Å². The van der Waals surface area contributed by atoms with E-state index in [0.29, 0.717) is 6.54 Å². The average Bonchev–Trinajstić information content (AvgIpc) is 3.08. The second-order valence-electron chi connectivity index (χ2n) is 9.09. The van der Waals surface area contributed by atoms with Crippen molar-refractivity contribution in [1.29, 1.82) is 0 Å². The van der Waals surface area contributed by atoms with Gasteiger partial charge in [0.15, 0.2) is 5.96 Å². The SMILES string of the molecule is CN=C(NCC(C)(C)c1cccc(OC)c1)N1CCC(NC(=O)OC(C)(C)C)C1. The van der Waals surface area contributed by atoms with Gasteiger partial charge in [0.05, 0.1) is 13.2 Å². The zero-order chi connectivity index (χ0) is 21.7. The number of aliphatic imine (C=N–C) groups is 1. The Morgan fingerprint density at radius 3 is 2.62 bits per heavy atom. The topological polar surface area (TPSA) is 75.2 Å². The smallest absolute Gasteiger partial charge is 0.407 e. The van der Waals surface area contributed by atoms with Gasteiger partial charge in [0.2, 0.25) is 0 Å². The maximum Gasteiger partial charge on any atom is 0.407 e. The summed E-state index contributed by atoms with van der Waals surface area (Å²) in [7, 11) is 3.47. The van der Waals surface area contributed by atoms with Crippen molar-refractivity contribution in [2.45, 2.75) is 58.1 Å². The van der Waals surface area contributed by atoms with Gasteiger partial charge in [-0.15, -0.1) is 0 Å². The maximum atomic E-state index is 12.0. The monoisotopic (exact) mass is 404 g/mol. The highest BCUT2D eigenvalue weighted by Crippen LogP contribution is 2.26. The first-order valence-electron chi connectivity index (χ1n) is 10.1. The van der Waals surface area contributed by atoms with Gasteiger partial charge in [-0.25, -0.2) is 4.79 Å². The Bertz CT molecular complexity index is 725. The fraction of sp³-hybridized carbons (Fsp3) is 0.636. The Kier molecular flexibility index (Phi) is 7.38. The van der Waals surface area contributed by atoms with E-state index in [9.17, 15) is 4.79 Å². The molecule has 0 bridgehead atoms. The molecule has 1 aromatic rings. The second-order valence-corrected chi connectivity index (χ2v) is 9.09. The number of ether oxygens (including phenoxy) is 2. The van der Waals surface area contributed by atoms with E-state index in [4.69, 9.17) is 9.47 Å². The van der Waals surface area contributed by atoms with Crippen LogP contribution in [0.2, 0.25) is 0 Å². The summed E-state index contributed by atoms with van der Waals surface area (Å²) >= 11 is 0. The molecule has 2 rings (SSSR count). The van der Waals surface area contributed by atoms with Gasteiger partial charge >= 0.3 is 6.09 Å². The minimum Gasteiger partial charge on any atom is -0.497 e. The molecular weight excluding hydrogens is 368 g/mol. The highest BCUT2D eigenvalue weighted by molar-refractivity contribution is 5.80. The van der Waals surface area contributed by atoms with Gasteiger partial charge in [-0.05, 0) is 44.9 Å². The Labute approximate surface area is 174 Å². The molecule has 0 aliphatic carbocycles. The van der Waals surface area contributed by atoms with Gasteiger partial charge < -0.3 is 25.0 Å². The molecule has 1 amide bonds. The van der Waals surface area contributed by atoms with Crippen LogP contribution in [0.1, 0.15) is 46.6 Å². The van der Waals surface area contributed by atoms with Crippen LogP contribution < -0.4 is 15.4 Å². The van der Waals surface area contributed by atoms with E-state index in [2.05, 4.69) is 46.5 Å². The van der Waals surface area contributed by atoms with Crippen molar-refractivity contribution < 1.29 is 14.3 Å². The van der Waals surface area contributed by atoms with Gasteiger partial charge in [-0.2, -0.15) is 0 Å². The molecule has 1 fully saturated rings. The van der Waals surface area contributed by atoms with Gasteiger partial charge in [-0.1, -0.05) is 26.0 Å². The van der Waals surface area contributed by atoms with Crippen LogP contribution in [0.15, 0.2) is 29.3 Å². The van der Waals surface area contributed by atoms with Crippen LogP contribution in [0.5, 0.6) is 5.75 Å².